The molecule has 31 heavy (non-hydrogen) atoms. The van der Waals surface area contributed by atoms with E-state index in [9.17, 15) is 5.11 Å². The summed E-state index contributed by atoms with van der Waals surface area (Å²) < 4.78 is 30.8. The highest BCUT2D eigenvalue weighted by molar-refractivity contribution is 5.63. The lowest BCUT2D eigenvalue weighted by Crippen LogP contribution is -2.79. The van der Waals surface area contributed by atoms with Crippen LogP contribution in [0.3, 0.4) is 0 Å². The van der Waals surface area contributed by atoms with Crippen LogP contribution in [0.5, 0.6) is 11.5 Å². The molecule has 3 saturated heterocycles. The molecule has 5 atom stereocenters. The second kappa shape index (κ2) is 6.35. The van der Waals surface area contributed by atoms with Crippen molar-refractivity contribution in [1.82, 2.24) is 4.90 Å². The number of benzene rings is 1. The van der Waals surface area contributed by atoms with E-state index in [1.54, 1.807) is 7.11 Å². The van der Waals surface area contributed by atoms with Crippen molar-refractivity contribution >= 4 is 0 Å². The van der Waals surface area contributed by atoms with Crippen LogP contribution in [0.25, 0.3) is 0 Å². The van der Waals surface area contributed by atoms with E-state index in [2.05, 4.69) is 11.0 Å². The average molecular weight is 430 g/mol. The number of nitrogens with zero attached hydrogens (tertiary/aromatic N) is 1. The molecule has 1 saturated carbocycles. The first-order chi connectivity index (χ1) is 15.1. The van der Waals surface area contributed by atoms with Crippen molar-refractivity contribution in [1.29, 1.82) is 0 Å². The molecule has 0 amide bonds. The summed E-state index contributed by atoms with van der Waals surface area (Å²) >= 11 is 0. The molecule has 168 valence electrons. The Balaban J connectivity index is 1.39. The Morgan fingerprint density at radius 3 is 2.81 bits per heavy atom. The molecule has 1 aromatic carbocycles. The maximum absolute atomic E-state index is 12.5. The molecule has 7 rings (SSSR count). The highest BCUT2D eigenvalue weighted by Crippen LogP contribution is 2.68. The van der Waals surface area contributed by atoms with Gasteiger partial charge in [0.15, 0.2) is 17.6 Å². The summed E-state index contributed by atoms with van der Waals surface area (Å²) in [6, 6.07) is 4.22. The highest BCUT2D eigenvalue weighted by Gasteiger charge is 2.77. The van der Waals surface area contributed by atoms with Gasteiger partial charge in [0.05, 0.1) is 37.4 Å². The minimum absolute atomic E-state index is 0.0437. The summed E-state index contributed by atoms with van der Waals surface area (Å²) in [7, 11) is 1.68. The normalized spacial score (nSPS) is 41.9. The van der Waals surface area contributed by atoms with Crippen LogP contribution in [0.15, 0.2) is 12.1 Å². The van der Waals surface area contributed by atoms with Crippen LogP contribution in [0, 0.1) is 0 Å². The van der Waals surface area contributed by atoms with Gasteiger partial charge in [-0.25, -0.2) is 0 Å². The van der Waals surface area contributed by atoms with Crippen LogP contribution in [-0.4, -0.2) is 79.7 Å². The number of hydrogen-bond donors (Lipinski definition) is 1. The van der Waals surface area contributed by atoms with Gasteiger partial charge in [-0.15, -0.1) is 0 Å². The number of hydrogen-bond acceptors (Lipinski definition) is 7. The van der Waals surface area contributed by atoms with Crippen LogP contribution in [0.1, 0.15) is 43.2 Å². The Labute approximate surface area is 182 Å². The SMILES string of the molecule is COc1ccc2c3c1OC1C4(CCC5(O)[C@@H](C2)N(CC2CCCO2)CC[C@]315)OCCO4. The minimum atomic E-state index is -0.889. The van der Waals surface area contributed by atoms with Crippen molar-refractivity contribution in [2.45, 2.75) is 73.6 Å². The van der Waals surface area contributed by atoms with Crippen LogP contribution in [-0.2, 0) is 26.0 Å². The van der Waals surface area contributed by atoms with Gasteiger partial charge in [0, 0.05) is 31.2 Å². The van der Waals surface area contributed by atoms with E-state index < -0.39 is 16.8 Å². The predicted molar refractivity (Wildman–Crippen MR) is 111 cm³/mol. The van der Waals surface area contributed by atoms with E-state index in [-0.39, 0.29) is 18.2 Å². The van der Waals surface area contributed by atoms with Gasteiger partial charge in [-0.3, -0.25) is 4.90 Å². The Hall–Kier alpha value is -1.38. The Kier molecular flexibility index (Phi) is 3.92. The molecule has 0 aromatic heterocycles. The summed E-state index contributed by atoms with van der Waals surface area (Å²) in [6.07, 6.45) is 5.09. The fourth-order valence-electron chi connectivity index (χ4n) is 7.77. The lowest BCUT2D eigenvalue weighted by atomic mass is 9.48. The summed E-state index contributed by atoms with van der Waals surface area (Å²) in [6.45, 7) is 3.81. The first-order valence-electron chi connectivity index (χ1n) is 11.8. The molecular formula is C24H31NO6. The van der Waals surface area contributed by atoms with Gasteiger partial charge in [-0.2, -0.15) is 0 Å². The summed E-state index contributed by atoms with van der Waals surface area (Å²) in [5.41, 5.74) is 0.982. The first kappa shape index (κ1) is 19.1. The second-order valence-electron chi connectivity index (χ2n) is 10.1. The summed E-state index contributed by atoms with van der Waals surface area (Å²) in [4.78, 5) is 2.50. The molecule has 4 heterocycles. The zero-order valence-corrected chi connectivity index (χ0v) is 18.1. The molecular weight excluding hydrogens is 398 g/mol. The smallest absolute Gasteiger partial charge is 0.207 e. The Morgan fingerprint density at radius 2 is 2.03 bits per heavy atom. The topological polar surface area (TPSA) is 69.6 Å². The molecule has 0 radical (unpaired) electrons. The lowest BCUT2D eigenvalue weighted by molar-refractivity contribution is -0.297. The number of piperidine rings is 1. The third-order valence-corrected chi connectivity index (χ3v) is 9.02. The third-order valence-electron chi connectivity index (χ3n) is 9.02. The molecule has 3 unspecified atom stereocenters. The summed E-state index contributed by atoms with van der Waals surface area (Å²) in [5.74, 6) is 0.736. The number of fused-ring (bicyclic) bond motifs is 1. The van der Waals surface area contributed by atoms with Gasteiger partial charge >= 0.3 is 0 Å². The average Bonchev–Trinajstić information content (AvgIpc) is 3.51. The molecule has 1 N–H and O–H groups in total. The van der Waals surface area contributed by atoms with Crippen LogP contribution < -0.4 is 9.47 Å². The number of ether oxygens (including phenoxy) is 5. The Bertz CT molecular complexity index is 910. The van der Waals surface area contributed by atoms with Gasteiger partial charge in [0.2, 0.25) is 5.79 Å². The molecule has 7 heteroatoms. The zero-order valence-electron chi connectivity index (χ0n) is 18.1. The monoisotopic (exact) mass is 429 g/mol. The molecule has 6 aliphatic rings. The van der Waals surface area contributed by atoms with E-state index >= 15 is 0 Å². The van der Waals surface area contributed by atoms with Gasteiger partial charge in [-0.1, -0.05) is 6.07 Å². The van der Waals surface area contributed by atoms with Gasteiger partial charge in [0.1, 0.15) is 0 Å². The van der Waals surface area contributed by atoms with Crippen molar-refractivity contribution in [2.75, 3.05) is 40.0 Å². The molecule has 7 nitrogen and oxygen atoms in total. The zero-order chi connectivity index (χ0) is 20.8. The first-order valence-corrected chi connectivity index (χ1v) is 11.8. The van der Waals surface area contributed by atoms with E-state index in [1.165, 1.54) is 5.56 Å². The van der Waals surface area contributed by atoms with Crippen LogP contribution >= 0.6 is 0 Å². The third kappa shape index (κ3) is 2.22. The maximum Gasteiger partial charge on any atom is 0.207 e. The standard InChI is InChI=1S/C24H31NO6/c1-27-17-5-4-15-13-18-23(26)6-7-24(29-11-12-30-24)21-22(23,19(15)20(17)31-21)8-9-25(18)14-16-3-2-10-28-16/h4-5,16,18,21,26H,2-3,6-14H2,1H3/t16?,18-,21?,22+,23?/m1/s1. The molecule has 4 fully saturated rings. The fraction of sp³-hybridized carbons (Fsp3) is 0.750. The molecule has 1 aromatic rings. The van der Waals surface area contributed by atoms with Crippen molar-refractivity contribution < 1.29 is 28.8 Å². The number of aliphatic hydroxyl groups is 1. The maximum atomic E-state index is 12.5. The molecule has 2 spiro atoms. The van der Waals surface area contributed by atoms with E-state index in [0.717, 1.165) is 62.4 Å². The van der Waals surface area contributed by atoms with Gasteiger partial charge in [-0.05, 0) is 50.3 Å². The van der Waals surface area contributed by atoms with Crippen molar-refractivity contribution in [2.24, 2.45) is 0 Å². The minimum Gasteiger partial charge on any atom is -0.493 e. The molecule has 2 aliphatic carbocycles. The number of rotatable bonds is 3. The van der Waals surface area contributed by atoms with Crippen molar-refractivity contribution in [3.8, 4) is 11.5 Å². The molecule has 2 bridgehead atoms. The van der Waals surface area contributed by atoms with Crippen LogP contribution in [0.4, 0.5) is 0 Å². The fourth-order valence-corrected chi connectivity index (χ4v) is 7.77. The van der Waals surface area contributed by atoms with Crippen LogP contribution in [0.2, 0.25) is 0 Å². The highest BCUT2D eigenvalue weighted by atomic mass is 16.8. The lowest BCUT2D eigenvalue weighted by Gasteiger charge is -2.65. The number of methoxy groups -OCH3 is 1. The van der Waals surface area contributed by atoms with E-state index in [1.807, 2.05) is 6.07 Å². The Morgan fingerprint density at radius 1 is 1.16 bits per heavy atom. The van der Waals surface area contributed by atoms with Gasteiger partial charge in [0.25, 0.3) is 0 Å². The molecule has 4 aliphatic heterocycles. The predicted octanol–water partition coefficient (Wildman–Crippen LogP) is 1.77. The van der Waals surface area contributed by atoms with Crippen molar-refractivity contribution in [3.63, 3.8) is 0 Å². The van der Waals surface area contributed by atoms with E-state index in [0.29, 0.717) is 26.1 Å². The van der Waals surface area contributed by atoms with Crippen molar-refractivity contribution in [3.05, 3.63) is 23.3 Å². The number of likely N-dealkylation sites (tertiary alicyclic amines) is 1. The second-order valence-corrected chi connectivity index (χ2v) is 10.1. The quantitative estimate of drug-likeness (QED) is 0.785. The summed E-state index contributed by atoms with van der Waals surface area (Å²) in [5, 5.41) is 12.5. The van der Waals surface area contributed by atoms with Gasteiger partial charge < -0.3 is 28.8 Å². The van der Waals surface area contributed by atoms with E-state index in [4.69, 9.17) is 23.7 Å². The largest absolute Gasteiger partial charge is 0.493 e.